The summed E-state index contributed by atoms with van der Waals surface area (Å²) in [7, 11) is 0. The molecule has 1 amide bonds. The van der Waals surface area contributed by atoms with Gasteiger partial charge in [-0.15, -0.1) is 0 Å². The molecular formula is C11H20BrNO. The minimum absolute atomic E-state index is 0.0167. The van der Waals surface area contributed by atoms with Crippen LogP contribution in [0.1, 0.15) is 51.9 Å². The van der Waals surface area contributed by atoms with Crippen molar-refractivity contribution in [3.05, 3.63) is 0 Å². The van der Waals surface area contributed by atoms with E-state index < -0.39 is 0 Å². The first-order valence-electron chi connectivity index (χ1n) is 5.68. The highest BCUT2D eigenvalue weighted by Crippen LogP contribution is 2.19. The van der Waals surface area contributed by atoms with E-state index in [1.807, 2.05) is 0 Å². The molecule has 1 aliphatic rings. The number of carbonyl (C=O) groups excluding carboxylic acids is 1. The molecule has 0 spiro atoms. The van der Waals surface area contributed by atoms with Crippen LogP contribution < -0.4 is 5.32 Å². The lowest BCUT2D eigenvalue weighted by Crippen LogP contribution is -2.37. The monoisotopic (exact) mass is 261 g/mol. The molecule has 1 N–H and O–H groups in total. The van der Waals surface area contributed by atoms with Gasteiger partial charge < -0.3 is 5.32 Å². The molecule has 2 nitrogen and oxygen atoms in total. The maximum Gasteiger partial charge on any atom is 0.233 e. The summed E-state index contributed by atoms with van der Waals surface area (Å²) in [6, 6.07) is 0.448. The molecule has 1 rings (SSSR count). The summed E-state index contributed by atoms with van der Waals surface area (Å²) in [5.74, 6) is 0.186. The predicted octanol–water partition coefficient (Wildman–Crippen LogP) is 3.00. The van der Waals surface area contributed by atoms with Gasteiger partial charge in [0.1, 0.15) is 0 Å². The smallest absolute Gasteiger partial charge is 0.233 e. The third-order valence-corrected chi connectivity index (χ3v) is 3.67. The van der Waals surface area contributed by atoms with E-state index in [1.54, 1.807) is 0 Å². The van der Waals surface area contributed by atoms with Crippen LogP contribution in [-0.4, -0.2) is 16.8 Å². The number of alkyl halides is 1. The summed E-state index contributed by atoms with van der Waals surface area (Å²) in [4.78, 5) is 11.7. The minimum atomic E-state index is 0.0167. The normalized spacial score (nSPS) is 19.6. The molecule has 1 atom stereocenters. The van der Waals surface area contributed by atoms with Gasteiger partial charge in [-0.05, 0) is 19.3 Å². The van der Waals surface area contributed by atoms with E-state index in [4.69, 9.17) is 0 Å². The zero-order valence-corrected chi connectivity index (χ0v) is 10.5. The Kier molecular flexibility index (Phi) is 5.53. The van der Waals surface area contributed by atoms with Crippen LogP contribution >= 0.6 is 15.9 Å². The Morgan fingerprint density at radius 1 is 1.50 bits per heavy atom. The van der Waals surface area contributed by atoms with Crippen LogP contribution in [0.25, 0.3) is 0 Å². The summed E-state index contributed by atoms with van der Waals surface area (Å²) >= 11 is 3.44. The van der Waals surface area contributed by atoms with E-state index in [-0.39, 0.29) is 10.7 Å². The van der Waals surface area contributed by atoms with E-state index in [0.717, 1.165) is 19.3 Å². The molecule has 0 aromatic heterocycles. The largest absolute Gasteiger partial charge is 0.352 e. The van der Waals surface area contributed by atoms with Crippen LogP contribution in [0.3, 0.4) is 0 Å². The maximum absolute atomic E-state index is 11.6. The Hall–Kier alpha value is -0.0500. The summed E-state index contributed by atoms with van der Waals surface area (Å²) in [5, 5.41) is 3.10. The number of hydrogen-bond donors (Lipinski definition) is 1. The van der Waals surface area contributed by atoms with Crippen molar-refractivity contribution in [2.75, 3.05) is 0 Å². The van der Waals surface area contributed by atoms with E-state index in [1.165, 1.54) is 25.7 Å². The van der Waals surface area contributed by atoms with Gasteiger partial charge in [-0.2, -0.15) is 0 Å². The second-order valence-electron chi connectivity index (χ2n) is 4.10. The third-order valence-electron chi connectivity index (χ3n) is 2.80. The molecule has 0 bridgehead atoms. The molecule has 1 saturated carbocycles. The van der Waals surface area contributed by atoms with Gasteiger partial charge in [-0.25, -0.2) is 0 Å². The molecule has 1 unspecified atom stereocenters. The minimum Gasteiger partial charge on any atom is -0.352 e. The van der Waals surface area contributed by atoms with Gasteiger partial charge in [0, 0.05) is 6.04 Å². The quantitative estimate of drug-likeness (QED) is 0.758. The fourth-order valence-electron chi connectivity index (χ4n) is 1.88. The molecule has 0 aromatic carbocycles. The molecule has 14 heavy (non-hydrogen) atoms. The van der Waals surface area contributed by atoms with Crippen LogP contribution in [0.5, 0.6) is 0 Å². The third kappa shape index (κ3) is 3.99. The van der Waals surface area contributed by atoms with Crippen molar-refractivity contribution in [1.29, 1.82) is 0 Å². The topological polar surface area (TPSA) is 29.1 Å². The number of hydrogen-bond acceptors (Lipinski definition) is 1. The second kappa shape index (κ2) is 6.44. The zero-order valence-electron chi connectivity index (χ0n) is 8.89. The predicted molar refractivity (Wildman–Crippen MR) is 62.6 cm³/mol. The van der Waals surface area contributed by atoms with Gasteiger partial charge in [-0.1, -0.05) is 48.5 Å². The van der Waals surface area contributed by atoms with Crippen LogP contribution in [0.2, 0.25) is 0 Å². The molecule has 1 aliphatic carbocycles. The molecule has 1 fully saturated rings. The number of unbranched alkanes of at least 4 members (excludes halogenated alkanes) is 1. The lowest BCUT2D eigenvalue weighted by molar-refractivity contribution is -0.121. The molecule has 3 heteroatoms. The van der Waals surface area contributed by atoms with Crippen LogP contribution in [0.15, 0.2) is 0 Å². The van der Waals surface area contributed by atoms with Crippen LogP contribution in [-0.2, 0) is 4.79 Å². The summed E-state index contributed by atoms with van der Waals surface area (Å²) in [5.41, 5.74) is 0. The Bertz CT molecular complexity index is 178. The zero-order chi connectivity index (χ0) is 10.4. The van der Waals surface area contributed by atoms with Gasteiger partial charge in [0.2, 0.25) is 5.91 Å². The van der Waals surface area contributed by atoms with Crippen LogP contribution in [0, 0.1) is 0 Å². The Labute approximate surface area is 95.0 Å². The van der Waals surface area contributed by atoms with Crippen molar-refractivity contribution in [2.24, 2.45) is 0 Å². The van der Waals surface area contributed by atoms with Crippen molar-refractivity contribution < 1.29 is 4.79 Å². The fourth-order valence-corrected chi connectivity index (χ4v) is 2.33. The van der Waals surface area contributed by atoms with Gasteiger partial charge in [0.25, 0.3) is 0 Å². The summed E-state index contributed by atoms with van der Waals surface area (Å²) in [6.45, 7) is 2.15. The standard InChI is InChI=1S/C11H20BrNO/c1-2-3-8-10(12)11(14)13-9-6-4-5-7-9/h9-10H,2-8H2,1H3,(H,13,14). The highest BCUT2D eigenvalue weighted by Gasteiger charge is 2.20. The number of nitrogens with one attached hydrogen (secondary N) is 1. The average Bonchev–Trinajstić information content (AvgIpc) is 2.66. The van der Waals surface area contributed by atoms with Gasteiger partial charge >= 0.3 is 0 Å². The second-order valence-corrected chi connectivity index (χ2v) is 5.21. The lowest BCUT2D eigenvalue weighted by Gasteiger charge is -2.15. The number of carbonyl (C=O) groups is 1. The highest BCUT2D eigenvalue weighted by atomic mass is 79.9. The first kappa shape index (κ1) is 12.0. The van der Waals surface area contributed by atoms with E-state index >= 15 is 0 Å². The Balaban J connectivity index is 2.18. The van der Waals surface area contributed by atoms with E-state index in [9.17, 15) is 4.79 Å². The van der Waals surface area contributed by atoms with Crippen molar-refractivity contribution in [1.82, 2.24) is 5.32 Å². The fraction of sp³-hybridized carbons (Fsp3) is 0.909. The highest BCUT2D eigenvalue weighted by molar-refractivity contribution is 9.10. The summed E-state index contributed by atoms with van der Waals surface area (Å²) < 4.78 is 0. The van der Waals surface area contributed by atoms with Gasteiger partial charge in [0.05, 0.1) is 4.83 Å². The van der Waals surface area contributed by atoms with Gasteiger partial charge in [0.15, 0.2) is 0 Å². The van der Waals surface area contributed by atoms with Crippen molar-refractivity contribution in [3.63, 3.8) is 0 Å². The first-order chi connectivity index (χ1) is 6.74. The van der Waals surface area contributed by atoms with Crippen molar-refractivity contribution in [3.8, 4) is 0 Å². The van der Waals surface area contributed by atoms with Crippen molar-refractivity contribution in [2.45, 2.75) is 62.7 Å². The molecule has 0 heterocycles. The van der Waals surface area contributed by atoms with Gasteiger partial charge in [-0.3, -0.25) is 4.79 Å². The Morgan fingerprint density at radius 2 is 2.14 bits per heavy atom. The molecular weight excluding hydrogens is 242 g/mol. The lowest BCUT2D eigenvalue weighted by atomic mass is 10.2. The number of amides is 1. The molecule has 0 aliphatic heterocycles. The molecule has 82 valence electrons. The molecule has 0 radical (unpaired) electrons. The average molecular weight is 262 g/mol. The van der Waals surface area contributed by atoms with Crippen LogP contribution in [0.4, 0.5) is 0 Å². The van der Waals surface area contributed by atoms with E-state index in [0.29, 0.717) is 6.04 Å². The number of rotatable bonds is 5. The molecule has 0 aromatic rings. The first-order valence-corrected chi connectivity index (χ1v) is 6.60. The van der Waals surface area contributed by atoms with Crippen molar-refractivity contribution >= 4 is 21.8 Å². The molecule has 0 saturated heterocycles. The SMILES string of the molecule is CCCCC(Br)C(=O)NC1CCCC1. The maximum atomic E-state index is 11.6. The number of halogens is 1. The Morgan fingerprint density at radius 3 is 2.71 bits per heavy atom. The summed E-state index contributed by atoms with van der Waals surface area (Å²) in [6.07, 6.45) is 8.10. The van der Waals surface area contributed by atoms with E-state index in [2.05, 4.69) is 28.2 Å².